The molecule has 124 valence electrons. The van der Waals surface area contributed by atoms with Crippen LogP contribution in [0.1, 0.15) is 11.3 Å². The maximum atomic E-state index is 14.6. The number of halogens is 2. The molecule has 1 heterocycles. The van der Waals surface area contributed by atoms with Gasteiger partial charge in [0.15, 0.2) is 0 Å². The Morgan fingerprint density at radius 3 is 2.60 bits per heavy atom. The summed E-state index contributed by atoms with van der Waals surface area (Å²) >= 11 is 5.85. The number of hydrogen-bond donors (Lipinski definition) is 1. The first kappa shape index (κ1) is 16.7. The molecule has 0 saturated carbocycles. The minimum atomic E-state index is -0.590. The Hall–Kier alpha value is -3.10. The molecule has 1 N–H and O–H groups in total. The van der Waals surface area contributed by atoms with Gasteiger partial charge in [-0.25, -0.2) is 4.39 Å². The molecule has 0 radical (unpaired) electrons. The van der Waals surface area contributed by atoms with Crippen LogP contribution >= 0.6 is 11.6 Å². The minimum Gasteiger partial charge on any atom is -0.457 e. The number of aryl methyl sites for hydroxylation is 1. The van der Waals surface area contributed by atoms with Crippen molar-refractivity contribution in [1.82, 2.24) is 4.98 Å². The van der Waals surface area contributed by atoms with Gasteiger partial charge in [-0.15, -0.1) is 0 Å². The van der Waals surface area contributed by atoms with Crippen molar-refractivity contribution in [3.8, 4) is 28.7 Å². The summed E-state index contributed by atoms with van der Waals surface area (Å²) in [5.74, 6) is 0.0631. The minimum absolute atomic E-state index is 0.0585. The van der Waals surface area contributed by atoms with Gasteiger partial charge in [0.1, 0.15) is 28.9 Å². The molecule has 0 saturated heterocycles. The lowest BCUT2D eigenvalue weighted by atomic mass is 9.99. The molecule has 0 aliphatic carbocycles. The lowest BCUT2D eigenvalue weighted by molar-refractivity contribution is 0.479. The molecule has 2 aromatic carbocycles. The van der Waals surface area contributed by atoms with Crippen LogP contribution in [0.5, 0.6) is 11.5 Å². The Balaban J connectivity index is 2.20. The lowest BCUT2D eigenvalue weighted by Crippen LogP contribution is -2.13. The highest BCUT2D eigenvalue weighted by atomic mass is 35.5. The molecule has 6 heteroatoms. The van der Waals surface area contributed by atoms with E-state index in [1.165, 1.54) is 12.1 Å². The maximum absolute atomic E-state index is 14.6. The predicted octanol–water partition coefficient (Wildman–Crippen LogP) is 4.81. The molecular formula is C19H12ClFN2O2. The highest BCUT2D eigenvalue weighted by molar-refractivity contribution is 6.30. The number of pyridine rings is 1. The molecule has 0 atom stereocenters. The van der Waals surface area contributed by atoms with Gasteiger partial charge >= 0.3 is 0 Å². The Bertz CT molecular complexity index is 1040. The van der Waals surface area contributed by atoms with E-state index in [-0.39, 0.29) is 22.4 Å². The van der Waals surface area contributed by atoms with Crippen LogP contribution in [0.15, 0.2) is 53.3 Å². The average molecular weight is 355 g/mol. The topological polar surface area (TPSA) is 65.9 Å². The molecule has 3 aromatic rings. The fourth-order valence-electron chi connectivity index (χ4n) is 2.48. The van der Waals surface area contributed by atoms with Crippen molar-refractivity contribution in [3.63, 3.8) is 0 Å². The second-order valence-corrected chi connectivity index (χ2v) is 5.79. The van der Waals surface area contributed by atoms with Gasteiger partial charge in [-0.3, -0.25) is 4.79 Å². The fourth-order valence-corrected chi connectivity index (χ4v) is 2.60. The number of ether oxygens (including phenoxy) is 1. The second-order valence-electron chi connectivity index (χ2n) is 5.35. The van der Waals surface area contributed by atoms with E-state index in [4.69, 9.17) is 16.3 Å². The van der Waals surface area contributed by atoms with E-state index in [0.717, 1.165) is 0 Å². The number of hydrogen-bond acceptors (Lipinski definition) is 3. The van der Waals surface area contributed by atoms with Gasteiger partial charge in [-0.05, 0) is 49.4 Å². The van der Waals surface area contributed by atoms with Crippen LogP contribution in [0.3, 0.4) is 0 Å². The van der Waals surface area contributed by atoms with Gasteiger partial charge in [-0.2, -0.15) is 5.26 Å². The smallest absolute Gasteiger partial charge is 0.266 e. The monoisotopic (exact) mass is 354 g/mol. The maximum Gasteiger partial charge on any atom is 0.266 e. The Labute approximate surface area is 148 Å². The number of benzene rings is 2. The molecule has 4 nitrogen and oxygen atoms in total. The first-order valence-corrected chi connectivity index (χ1v) is 7.73. The number of nitrogens with one attached hydrogen (secondary N) is 1. The van der Waals surface area contributed by atoms with Crippen molar-refractivity contribution in [2.24, 2.45) is 0 Å². The fraction of sp³-hybridized carbons (Fsp3) is 0.0526. The van der Waals surface area contributed by atoms with Crippen molar-refractivity contribution >= 4 is 11.6 Å². The molecule has 0 aliphatic heterocycles. The molecule has 0 amide bonds. The van der Waals surface area contributed by atoms with Crippen LogP contribution in [0, 0.1) is 24.1 Å². The van der Waals surface area contributed by atoms with E-state index < -0.39 is 11.4 Å². The third-order valence-electron chi connectivity index (χ3n) is 3.57. The summed E-state index contributed by atoms with van der Waals surface area (Å²) in [6.45, 7) is 1.66. The molecule has 0 aliphatic rings. The SMILES string of the molecule is Cc1cc(-c2c(F)cccc2Oc2ccc(Cl)cc2)c(C#N)c(=O)[nH]1. The third-order valence-corrected chi connectivity index (χ3v) is 3.82. The van der Waals surface area contributed by atoms with Crippen molar-refractivity contribution in [2.75, 3.05) is 0 Å². The van der Waals surface area contributed by atoms with Crippen LogP contribution in [0.2, 0.25) is 5.02 Å². The van der Waals surface area contributed by atoms with Crippen LogP contribution in [0.25, 0.3) is 11.1 Å². The largest absolute Gasteiger partial charge is 0.457 e. The van der Waals surface area contributed by atoms with Gasteiger partial charge in [0.25, 0.3) is 5.56 Å². The highest BCUT2D eigenvalue weighted by Gasteiger charge is 2.19. The van der Waals surface area contributed by atoms with Gasteiger partial charge in [0, 0.05) is 16.3 Å². The summed E-state index contributed by atoms with van der Waals surface area (Å²) in [6.07, 6.45) is 0. The van der Waals surface area contributed by atoms with Crippen LogP contribution in [-0.2, 0) is 0 Å². The summed E-state index contributed by atoms with van der Waals surface area (Å²) in [7, 11) is 0. The van der Waals surface area contributed by atoms with Crippen molar-refractivity contribution < 1.29 is 9.13 Å². The zero-order valence-corrected chi connectivity index (χ0v) is 13.9. The summed E-state index contributed by atoms with van der Waals surface area (Å²) in [5.41, 5.74) is 0.0172. The summed E-state index contributed by atoms with van der Waals surface area (Å²) < 4.78 is 20.3. The highest BCUT2D eigenvalue weighted by Crippen LogP contribution is 2.36. The molecule has 3 rings (SSSR count). The van der Waals surface area contributed by atoms with E-state index in [9.17, 15) is 14.4 Å². The van der Waals surface area contributed by atoms with E-state index >= 15 is 0 Å². The molecule has 25 heavy (non-hydrogen) atoms. The lowest BCUT2D eigenvalue weighted by Gasteiger charge is -2.13. The molecule has 0 spiro atoms. The van der Waals surface area contributed by atoms with Crippen molar-refractivity contribution in [1.29, 1.82) is 5.26 Å². The normalized spacial score (nSPS) is 10.3. The van der Waals surface area contributed by atoms with Gasteiger partial charge in [0.2, 0.25) is 0 Å². The van der Waals surface area contributed by atoms with Crippen molar-refractivity contribution in [3.05, 3.63) is 81.0 Å². The summed E-state index contributed by atoms with van der Waals surface area (Å²) in [5, 5.41) is 9.85. The number of rotatable bonds is 3. The first-order valence-electron chi connectivity index (χ1n) is 7.36. The number of nitrogens with zero attached hydrogens (tertiary/aromatic N) is 1. The molecule has 0 bridgehead atoms. The summed E-state index contributed by atoms with van der Waals surface area (Å²) in [6, 6.07) is 14.3. The Morgan fingerprint density at radius 1 is 1.20 bits per heavy atom. The van der Waals surface area contributed by atoms with Gasteiger partial charge in [0.05, 0.1) is 5.56 Å². The number of aromatic nitrogens is 1. The standard InChI is InChI=1S/C19H12ClFN2O2/c1-11-9-14(15(10-22)19(24)23-11)18-16(21)3-2-4-17(18)25-13-7-5-12(20)6-8-13/h2-9H,1H3,(H,23,24). The second kappa shape index (κ2) is 6.80. The zero-order valence-electron chi connectivity index (χ0n) is 13.1. The molecule has 0 fully saturated rings. The number of nitriles is 1. The zero-order chi connectivity index (χ0) is 18.0. The quantitative estimate of drug-likeness (QED) is 0.734. The summed E-state index contributed by atoms with van der Waals surface area (Å²) in [4.78, 5) is 14.6. The average Bonchev–Trinajstić information content (AvgIpc) is 2.56. The van der Waals surface area contributed by atoms with Crippen LogP contribution < -0.4 is 10.3 Å². The molecule has 1 aromatic heterocycles. The molecule has 0 unspecified atom stereocenters. The Morgan fingerprint density at radius 2 is 1.92 bits per heavy atom. The third kappa shape index (κ3) is 3.39. The molecular weight excluding hydrogens is 343 g/mol. The predicted molar refractivity (Wildman–Crippen MR) is 93.4 cm³/mol. The van der Waals surface area contributed by atoms with Gasteiger partial charge < -0.3 is 9.72 Å². The number of H-pyrrole nitrogens is 1. The number of aromatic amines is 1. The van der Waals surface area contributed by atoms with E-state index in [1.54, 1.807) is 43.3 Å². The first-order chi connectivity index (χ1) is 12.0. The van der Waals surface area contributed by atoms with E-state index in [0.29, 0.717) is 16.5 Å². The van der Waals surface area contributed by atoms with E-state index in [1.807, 2.05) is 6.07 Å². The Kier molecular flexibility index (Phi) is 4.55. The van der Waals surface area contributed by atoms with Crippen LogP contribution in [-0.4, -0.2) is 4.98 Å². The van der Waals surface area contributed by atoms with Gasteiger partial charge in [-0.1, -0.05) is 17.7 Å². The van der Waals surface area contributed by atoms with Crippen LogP contribution in [0.4, 0.5) is 4.39 Å². The van der Waals surface area contributed by atoms with Crippen molar-refractivity contribution in [2.45, 2.75) is 6.92 Å². The van der Waals surface area contributed by atoms with E-state index in [2.05, 4.69) is 4.98 Å².